The number of hydrogen-bond acceptors (Lipinski definition) is 5. The van der Waals surface area contributed by atoms with Gasteiger partial charge in [0.2, 0.25) is 11.8 Å². The fourth-order valence-electron chi connectivity index (χ4n) is 6.14. The second kappa shape index (κ2) is 9.86. The van der Waals surface area contributed by atoms with Crippen molar-refractivity contribution in [2.45, 2.75) is 111 Å². The highest BCUT2D eigenvalue weighted by Gasteiger charge is 2.70. The Kier molecular flexibility index (Phi) is 7.74. The van der Waals surface area contributed by atoms with Gasteiger partial charge in [0.15, 0.2) is 0 Å². The highest BCUT2D eigenvalue weighted by atomic mass is 16.6. The number of nitrogens with one attached hydrogen (secondary N) is 2. The van der Waals surface area contributed by atoms with Crippen LogP contribution in [-0.4, -0.2) is 64.2 Å². The van der Waals surface area contributed by atoms with Crippen LogP contribution >= 0.6 is 0 Å². The number of carboxylic acids is 1. The van der Waals surface area contributed by atoms with Crippen molar-refractivity contribution in [3.05, 3.63) is 0 Å². The second-order valence-corrected chi connectivity index (χ2v) is 13.6. The standard InChI is InChI=1S/C27H45N3O6/c1-25(2,3)20(22(32)30-14-16-17(27(16,7)8)19(30)23(33)34)29-21(31)18(15-12-10-9-11-13-15)28-24(35)36-26(4,5)6/h15-20H,9-14H2,1-8H3,(H,28,35)(H,29,31)(H,33,34)/t16-,17-,18-,19-,20+/m0/s1. The van der Waals surface area contributed by atoms with Crippen molar-refractivity contribution in [3.8, 4) is 0 Å². The summed E-state index contributed by atoms with van der Waals surface area (Å²) in [6.07, 6.45) is 3.96. The molecule has 1 aliphatic heterocycles. The minimum absolute atomic E-state index is 0.0611. The Morgan fingerprint density at radius 2 is 1.56 bits per heavy atom. The zero-order valence-corrected chi connectivity index (χ0v) is 23.1. The molecular formula is C27H45N3O6. The number of alkyl carbamates (subject to hydrolysis) is 1. The first kappa shape index (κ1) is 28.3. The Morgan fingerprint density at radius 1 is 0.972 bits per heavy atom. The molecule has 0 aromatic carbocycles. The molecule has 5 atom stereocenters. The van der Waals surface area contributed by atoms with Gasteiger partial charge in [0.1, 0.15) is 23.7 Å². The molecule has 9 nitrogen and oxygen atoms in total. The van der Waals surface area contributed by atoms with Crippen molar-refractivity contribution in [2.75, 3.05) is 6.54 Å². The molecule has 3 fully saturated rings. The molecule has 0 aromatic rings. The number of fused-ring (bicyclic) bond motifs is 1. The molecule has 2 aliphatic carbocycles. The molecule has 1 saturated heterocycles. The lowest BCUT2D eigenvalue weighted by Gasteiger charge is -2.38. The van der Waals surface area contributed by atoms with Crippen LogP contribution in [0, 0.1) is 28.6 Å². The summed E-state index contributed by atoms with van der Waals surface area (Å²) in [5.74, 6) is -1.83. The zero-order valence-electron chi connectivity index (χ0n) is 23.1. The minimum Gasteiger partial charge on any atom is -0.480 e. The third-order valence-electron chi connectivity index (χ3n) is 8.22. The summed E-state index contributed by atoms with van der Waals surface area (Å²) in [5, 5.41) is 15.6. The number of carbonyl (C=O) groups is 4. The zero-order chi connectivity index (χ0) is 27.2. The lowest BCUT2D eigenvalue weighted by Crippen LogP contribution is -2.61. The molecule has 0 spiro atoms. The molecule has 36 heavy (non-hydrogen) atoms. The number of nitrogens with zero attached hydrogens (tertiary/aromatic N) is 1. The Hall–Kier alpha value is -2.32. The van der Waals surface area contributed by atoms with Crippen LogP contribution in [0.4, 0.5) is 4.79 Å². The number of amides is 3. The largest absolute Gasteiger partial charge is 0.480 e. The van der Waals surface area contributed by atoms with Crippen molar-refractivity contribution in [1.82, 2.24) is 15.5 Å². The van der Waals surface area contributed by atoms with E-state index in [1.165, 1.54) is 4.90 Å². The van der Waals surface area contributed by atoms with Gasteiger partial charge >= 0.3 is 12.1 Å². The molecule has 9 heteroatoms. The Bertz CT molecular complexity index is 881. The molecule has 204 valence electrons. The number of piperidine rings is 1. The van der Waals surface area contributed by atoms with E-state index in [0.717, 1.165) is 32.1 Å². The van der Waals surface area contributed by atoms with Gasteiger partial charge in [0.05, 0.1) is 0 Å². The highest BCUT2D eigenvalue weighted by molar-refractivity contribution is 5.94. The first-order valence-corrected chi connectivity index (χ1v) is 13.3. The Labute approximate surface area is 215 Å². The quantitative estimate of drug-likeness (QED) is 0.505. The van der Waals surface area contributed by atoms with Crippen LogP contribution in [0.5, 0.6) is 0 Å². The van der Waals surface area contributed by atoms with Crippen LogP contribution in [-0.2, 0) is 19.1 Å². The summed E-state index contributed by atoms with van der Waals surface area (Å²) in [6, 6.07) is -2.66. The SMILES string of the molecule is CC(C)(C)OC(=O)N[C@H](C(=O)N[C@H](C(=O)N1C[C@H]2[C@@H]([C@H]1C(=O)O)C2(C)C)C(C)(C)C)C1CCCCC1. The van der Waals surface area contributed by atoms with E-state index in [0.29, 0.717) is 6.54 Å². The number of carbonyl (C=O) groups excluding carboxylic acids is 3. The van der Waals surface area contributed by atoms with Crippen molar-refractivity contribution < 1.29 is 29.0 Å². The van der Waals surface area contributed by atoms with Crippen LogP contribution in [0.1, 0.15) is 87.5 Å². The minimum atomic E-state index is -1.01. The van der Waals surface area contributed by atoms with Crippen LogP contribution in [0.25, 0.3) is 0 Å². The number of ether oxygens (including phenoxy) is 1. The summed E-state index contributed by atoms with van der Waals surface area (Å²) in [4.78, 5) is 53.6. The van der Waals surface area contributed by atoms with Crippen LogP contribution < -0.4 is 10.6 Å². The summed E-state index contributed by atoms with van der Waals surface area (Å²) in [6.45, 7) is 15.3. The van der Waals surface area contributed by atoms with Gasteiger partial charge in [-0.05, 0) is 56.3 Å². The number of aliphatic carboxylic acids is 1. The predicted octanol–water partition coefficient (Wildman–Crippen LogP) is 3.56. The summed E-state index contributed by atoms with van der Waals surface area (Å²) >= 11 is 0. The molecule has 3 N–H and O–H groups in total. The van der Waals surface area contributed by atoms with Gasteiger partial charge in [-0.2, -0.15) is 0 Å². The van der Waals surface area contributed by atoms with E-state index in [4.69, 9.17) is 4.74 Å². The molecule has 0 radical (unpaired) electrons. The van der Waals surface area contributed by atoms with Crippen molar-refractivity contribution in [3.63, 3.8) is 0 Å². The van der Waals surface area contributed by atoms with Gasteiger partial charge in [0, 0.05) is 12.5 Å². The first-order valence-electron chi connectivity index (χ1n) is 13.3. The van der Waals surface area contributed by atoms with Crippen molar-refractivity contribution in [2.24, 2.45) is 28.6 Å². The molecule has 0 aromatic heterocycles. The van der Waals surface area contributed by atoms with Crippen LogP contribution in [0.2, 0.25) is 0 Å². The lowest BCUT2D eigenvalue weighted by molar-refractivity contribution is -0.153. The maximum Gasteiger partial charge on any atom is 0.408 e. The molecule has 0 unspecified atom stereocenters. The fraction of sp³-hybridized carbons (Fsp3) is 0.852. The Balaban J connectivity index is 1.81. The summed E-state index contributed by atoms with van der Waals surface area (Å²) < 4.78 is 5.42. The molecule has 3 aliphatic rings. The van der Waals surface area contributed by atoms with Crippen LogP contribution in [0.15, 0.2) is 0 Å². The molecular weight excluding hydrogens is 462 g/mol. The lowest BCUT2D eigenvalue weighted by atomic mass is 9.82. The number of likely N-dealkylation sites (tertiary alicyclic amines) is 1. The Morgan fingerprint density at radius 3 is 2.06 bits per heavy atom. The maximum atomic E-state index is 13.8. The molecule has 1 heterocycles. The van der Waals surface area contributed by atoms with Gasteiger partial charge in [-0.15, -0.1) is 0 Å². The third-order valence-corrected chi connectivity index (χ3v) is 8.22. The maximum absolute atomic E-state index is 13.8. The fourth-order valence-corrected chi connectivity index (χ4v) is 6.14. The molecule has 3 rings (SSSR count). The normalized spacial score (nSPS) is 27.4. The van der Waals surface area contributed by atoms with E-state index in [9.17, 15) is 24.3 Å². The van der Waals surface area contributed by atoms with E-state index in [-0.39, 0.29) is 29.1 Å². The number of hydrogen-bond donors (Lipinski definition) is 3. The van der Waals surface area contributed by atoms with Gasteiger partial charge < -0.3 is 25.4 Å². The second-order valence-electron chi connectivity index (χ2n) is 13.6. The smallest absolute Gasteiger partial charge is 0.408 e. The van der Waals surface area contributed by atoms with Gasteiger partial charge in [-0.25, -0.2) is 9.59 Å². The van der Waals surface area contributed by atoms with Crippen molar-refractivity contribution >= 4 is 23.9 Å². The van der Waals surface area contributed by atoms with E-state index in [1.807, 2.05) is 34.6 Å². The monoisotopic (exact) mass is 507 g/mol. The molecule has 3 amide bonds. The van der Waals surface area contributed by atoms with E-state index in [1.54, 1.807) is 20.8 Å². The molecule has 2 saturated carbocycles. The van der Waals surface area contributed by atoms with E-state index in [2.05, 4.69) is 10.6 Å². The third kappa shape index (κ3) is 5.97. The van der Waals surface area contributed by atoms with E-state index >= 15 is 0 Å². The average molecular weight is 508 g/mol. The molecule has 0 bridgehead atoms. The number of rotatable bonds is 6. The van der Waals surface area contributed by atoms with E-state index < -0.39 is 47.1 Å². The first-order chi connectivity index (χ1) is 16.4. The summed E-state index contributed by atoms with van der Waals surface area (Å²) in [7, 11) is 0. The summed E-state index contributed by atoms with van der Waals surface area (Å²) in [5.41, 5.74) is -1.48. The topological polar surface area (TPSA) is 125 Å². The van der Waals surface area contributed by atoms with Crippen LogP contribution in [0.3, 0.4) is 0 Å². The van der Waals surface area contributed by atoms with Gasteiger partial charge in [-0.3, -0.25) is 9.59 Å². The van der Waals surface area contributed by atoms with Gasteiger partial charge in [0.25, 0.3) is 0 Å². The highest BCUT2D eigenvalue weighted by Crippen LogP contribution is 2.65. The number of carboxylic acid groups (broad SMARTS) is 1. The average Bonchev–Trinajstić information content (AvgIpc) is 3.08. The predicted molar refractivity (Wildman–Crippen MR) is 135 cm³/mol. The van der Waals surface area contributed by atoms with Gasteiger partial charge in [-0.1, -0.05) is 53.9 Å². The van der Waals surface area contributed by atoms with Crippen molar-refractivity contribution in [1.29, 1.82) is 0 Å².